The van der Waals surface area contributed by atoms with Gasteiger partial charge in [-0.3, -0.25) is 14.8 Å². The van der Waals surface area contributed by atoms with Crippen molar-refractivity contribution in [2.24, 2.45) is 0 Å². The Morgan fingerprint density at radius 2 is 2.12 bits per heavy atom. The normalized spacial score (nSPS) is 26.3. The van der Waals surface area contributed by atoms with E-state index in [0.717, 1.165) is 13.1 Å². The first-order valence-corrected chi connectivity index (χ1v) is 8.78. The van der Waals surface area contributed by atoms with Gasteiger partial charge in [0.15, 0.2) is 0 Å². The van der Waals surface area contributed by atoms with Crippen LogP contribution in [0.3, 0.4) is 0 Å². The summed E-state index contributed by atoms with van der Waals surface area (Å²) in [6.45, 7) is 5.30. The van der Waals surface area contributed by atoms with E-state index in [4.69, 9.17) is 4.74 Å². The van der Waals surface area contributed by atoms with Crippen LogP contribution in [-0.2, 0) is 11.3 Å². The molecule has 0 amide bonds. The fraction of sp³-hybridized carbons (Fsp3) is 0.688. The molecule has 2 aliphatic rings. The van der Waals surface area contributed by atoms with Crippen LogP contribution in [0.2, 0.25) is 0 Å². The molecule has 9 heteroatoms. The molecule has 2 fully saturated rings. The number of aromatic nitrogens is 4. The number of H-pyrrole nitrogens is 1. The maximum absolute atomic E-state index is 12.1. The fourth-order valence-corrected chi connectivity index (χ4v) is 3.76. The van der Waals surface area contributed by atoms with E-state index >= 15 is 0 Å². The average Bonchev–Trinajstić information content (AvgIpc) is 3.19. The second-order valence-corrected chi connectivity index (χ2v) is 7.08. The van der Waals surface area contributed by atoms with Gasteiger partial charge in [-0.1, -0.05) is 0 Å². The lowest BCUT2D eigenvalue weighted by Crippen LogP contribution is -2.51. The number of aromatic amines is 1. The Hall–Kier alpha value is -1.81. The second kappa shape index (κ2) is 6.83. The summed E-state index contributed by atoms with van der Waals surface area (Å²) >= 11 is 0. The lowest BCUT2D eigenvalue weighted by atomic mass is 10.0. The summed E-state index contributed by atoms with van der Waals surface area (Å²) in [4.78, 5) is 24.9. The standard InChI is InChI=1S/C16H24N6O3/c23-14-7-13(19-15-17-12-18-22(14)15)8-21-5-6-25-11-16(24,10-21)9-20-3-1-2-4-20/h7,12,24H,1-6,8-11H2,(H,17,18,19)/t16-/m1/s1. The minimum Gasteiger partial charge on any atom is -0.385 e. The van der Waals surface area contributed by atoms with Crippen LogP contribution in [0.4, 0.5) is 0 Å². The number of nitrogens with zero attached hydrogens (tertiary/aromatic N) is 5. The largest absolute Gasteiger partial charge is 0.385 e. The maximum Gasteiger partial charge on any atom is 0.274 e. The monoisotopic (exact) mass is 348 g/mol. The van der Waals surface area contributed by atoms with Crippen molar-refractivity contribution < 1.29 is 9.84 Å². The quantitative estimate of drug-likeness (QED) is 0.737. The first-order chi connectivity index (χ1) is 12.1. The Morgan fingerprint density at radius 1 is 1.28 bits per heavy atom. The molecule has 0 radical (unpaired) electrons. The molecule has 2 N–H and O–H groups in total. The van der Waals surface area contributed by atoms with Crippen LogP contribution in [0.15, 0.2) is 17.2 Å². The first kappa shape index (κ1) is 16.6. The fourth-order valence-electron chi connectivity index (χ4n) is 3.76. The van der Waals surface area contributed by atoms with E-state index in [-0.39, 0.29) is 5.56 Å². The SMILES string of the molecule is O=c1cc(CN2CCOC[C@@](O)(CN3CCCC3)C2)nc2nc[nH]n12. The third kappa shape index (κ3) is 3.74. The molecule has 9 nitrogen and oxygen atoms in total. The van der Waals surface area contributed by atoms with E-state index in [1.165, 1.54) is 29.8 Å². The van der Waals surface area contributed by atoms with Crippen molar-refractivity contribution in [2.75, 3.05) is 45.9 Å². The summed E-state index contributed by atoms with van der Waals surface area (Å²) in [5.41, 5.74) is -0.426. The molecule has 0 spiro atoms. The number of β-amino-alcohol motifs (C(OH)–C–C–N with tert-alkyl or cyclic N) is 1. The van der Waals surface area contributed by atoms with Crippen molar-refractivity contribution in [1.82, 2.24) is 29.4 Å². The molecule has 0 aromatic carbocycles. The van der Waals surface area contributed by atoms with E-state index in [2.05, 4.69) is 24.9 Å². The van der Waals surface area contributed by atoms with E-state index < -0.39 is 5.60 Å². The van der Waals surface area contributed by atoms with Crippen LogP contribution in [0.25, 0.3) is 5.78 Å². The summed E-state index contributed by atoms with van der Waals surface area (Å²) < 4.78 is 6.95. The molecular formula is C16H24N6O3. The number of nitrogens with one attached hydrogen (secondary N) is 1. The molecule has 2 saturated heterocycles. The molecule has 2 aliphatic heterocycles. The predicted molar refractivity (Wildman–Crippen MR) is 90.3 cm³/mol. The summed E-state index contributed by atoms with van der Waals surface area (Å²) in [5, 5.41) is 13.8. The molecular weight excluding hydrogens is 324 g/mol. The number of likely N-dealkylation sites (tertiary alicyclic amines) is 1. The van der Waals surface area contributed by atoms with Crippen LogP contribution < -0.4 is 5.56 Å². The van der Waals surface area contributed by atoms with Gasteiger partial charge in [0.05, 0.1) is 18.9 Å². The Bertz CT molecular complexity index is 784. The molecule has 4 rings (SSSR count). The molecule has 1 atom stereocenters. The van der Waals surface area contributed by atoms with Gasteiger partial charge in [-0.15, -0.1) is 0 Å². The van der Waals surface area contributed by atoms with Crippen molar-refractivity contribution in [3.05, 3.63) is 28.4 Å². The van der Waals surface area contributed by atoms with Crippen LogP contribution in [0, 0.1) is 0 Å². The van der Waals surface area contributed by atoms with Gasteiger partial charge >= 0.3 is 0 Å². The number of ether oxygens (including phenoxy) is 1. The average molecular weight is 348 g/mol. The third-order valence-corrected chi connectivity index (χ3v) is 4.86. The Labute approximate surface area is 145 Å². The Balaban J connectivity index is 1.49. The van der Waals surface area contributed by atoms with E-state index in [1.54, 1.807) is 0 Å². The Kier molecular flexibility index (Phi) is 4.55. The van der Waals surface area contributed by atoms with Gasteiger partial charge in [-0.25, -0.2) is 9.97 Å². The minimum atomic E-state index is -0.897. The van der Waals surface area contributed by atoms with Crippen LogP contribution in [-0.4, -0.2) is 86.0 Å². The van der Waals surface area contributed by atoms with Crippen LogP contribution in [0.1, 0.15) is 18.5 Å². The molecule has 0 aliphatic carbocycles. The second-order valence-electron chi connectivity index (χ2n) is 7.08. The van der Waals surface area contributed by atoms with E-state index in [0.29, 0.717) is 50.9 Å². The third-order valence-electron chi connectivity index (χ3n) is 4.86. The molecule has 25 heavy (non-hydrogen) atoms. The van der Waals surface area contributed by atoms with Gasteiger partial charge in [-0.2, -0.15) is 4.52 Å². The van der Waals surface area contributed by atoms with Crippen LogP contribution >= 0.6 is 0 Å². The summed E-state index contributed by atoms with van der Waals surface area (Å²) in [6, 6.07) is 1.51. The molecule has 0 bridgehead atoms. The summed E-state index contributed by atoms with van der Waals surface area (Å²) in [6.07, 6.45) is 3.83. The smallest absolute Gasteiger partial charge is 0.274 e. The number of hydrogen-bond donors (Lipinski definition) is 2. The summed E-state index contributed by atoms with van der Waals surface area (Å²) in [7, 11) is 0. The lowest BCUT2D eigenvalue weighted by molar-refractivity contribution is -0.0549. The Morgan fingerprint density at radius 3 is 2.96 bits per heavy atom. The van der Waals surface area contributed by atoms with Gasteiger partial charge < -0.3 is 14.7 Å². The van der Waals surface area contributed by atoms with Crippen molar-refractivity contribution in [3.8, 4) is 0 Å². The zero-order valence-corrected chi connectivity index (χ0v) is 14.2. The zero-order chi connectivity index (χ0) is 17.3. The predicted octanol–water partition coefficient (Wildman–Crippen LogP) is -0.923. The molecule has 4 heterocycles. The first-order valence-electron chi connectivity index (χ1n) is 8.78. The topological polar surface area (TPSA) is 99.0 Å². The van der Waals surface area contributed by atoms with Crippen molar-refractivity contribution in [3.63, 3.8) is 0 Å². The number of fused-ring (bicyclic) bond motifs is 1. The highest BCUT2D eigenvalue weighted by Crippen LogP contribution is 2.18. The highest BCUT2D eigenvalue weighted by Gasteiger charge is 2.35. The van der Waals surface area contributed by atoms with Gasteiger partial charge in [0, 0.05) is 32.2 Å². The van der Waals surface area contributed by atoms with Crippen molar-refractivity contribution in [1.29, 1.82) is 0 Å². The van der Waals surface area contributed by atoms with Crippen molar-refractivity contribution >= 4 is 5.78 Å². The molecule has 0 saturated carbocycles. The highest BCUT2D eigenvalue weighted by atomic mass is 16.5. The molecule has 0 unspecified atom stereocenters. The molecule has 136 valence electrons. The van der Waals surface area contributed by atoms with Gasteiger partial charge in [0.2, 0.25) is 0 Å². The number of hydrogen-bond acceptors (Lipinski definition) is 7. The lowest BCUT2D eigenvalue weighted by Gasteiger charge is -2.33. The number of rotatable bonds is 4. The maximum atomic E-state index is 12.1. The minimum absolute atomic E-state index is 0.184. The number of aliphatic hydroxyl groups is 1. The molecule has 2 aromatic heterocycles. The van der Waals surface area contributed by atoms with E-state index in [9.17, 15) is 9.90 Å². The van der Waals surface area contributed by atoms with Gasteiger partial charge in [0.1, 0.15) is 11.9 Å². The van der Waals surface area contributed by atoms with Crippen LogP contribution in [0.5, 0.6) is 0 Å². The molecule has 2 aromatic rings. The summed E-state index contributed by atoms with van der Waals surface area (Å²) in [5.74, 6) is 0.362. The van der Waals surface area contributed by atoms with Gasteiger partial charge in [-0.05, 0) is 25.9 Å². The van der Waals surface area contributed by atoms with Crippen molar-refractivity contribution in [2.45, 2.75) is 25.0 Å². The van der Waals surface area contributed by atoms with E-state index in [1.807, 2.05) is 0 Å². The van der Waals surface area contributed by atoms with Gasteiger partial charge in [0.25, 0.3) is 11.3 Å². The zero-order valence-electron chi connectivity index (χ0n) is 14.2. The highest BCUT2D eigenvalue weighted by molar-refractivity contribution is 5.26.